The molecule has 26 heavy (non-hydrogen) atoms. The Morgan fingerprint density at radius 1 is 1.19 bits per heavy atom. The Bertz CT molecular complexity index is 968. The van der Waals surface area contributed by atoms with Crippen molar-refractivity contribution < 1.29 is 14.3 Å². The van der Waals surface area contributed by atoms with Crippen LogP contribution in [0.15, 0.2) is 53.0 Å². The van der Waals surface area contributed by atoms with Gasteiger partial charge < -0.3 is 19.9 Å². The fourth-order valence-corrected chi connectivity index (χ4v) is 2.98. The van der Waals surface area contributed by atoms with Crippen LogP contribution in [0, 0.1) is 0 Å². The van der Waals surface area contributed by atoms with Crippen LogP contribution < -0.4 is 10.1 Å². The van der Waals surface area contributed by atoms with Crippen molar-refractivity contribution in [2.45, 2.75) is 0 Å². The van der Waals surface area contributed by atoms with Gasteiger partial charge in [-0.15, -0.1) is 0 Å². The summed E-state index contributed by atoms with van der Waals surface area (Å²) in [6.45, 7) is -0.0567. The van der Waals surface area contributed by atoms with Crippen LogP contribution in [0.5, 0.6) is 5.75 Å². The number of likely N-dealkylation sites (N-methyl/N-ethyl adjacent to an activating group) is 1. The van der Waals surface area contributed by atoms with E-state index >= 15 is 0 Å². The first-order valence-corrected chi connectivity index (χ1v) is 8.74. The molecule has 2 amide bonds. The van der Waals surface area contributed by atoms with E-state index in [0.29, 0.717) is 17.1 Å². The molecule has 0 fully saturated rings. The first kappa shape index (κ1) is 18.0. The number of carbonyl (C=O) groups excluding carboxylic acids is 2. The fraction of sp³-hybridized carbons (Fsp3) is 0.158. The molecule has 1 aromatic heterocycles. The summed E-state index contributed by atoms with van der Waals surface area (Å²) < 4.78 is 5.97. The Kier molecular flexibility index (Phi) is 5.27. The third kappa shape index (κ3) is 3.88. The Balaban J connectivity index is 1.69. The van der Waals surface area contributed by atoms with Gasteiger partial charge in [-0.25, -0.2) is 0 Å². The summed E-state index contributed by atoms with van der Waals surface area (Å²) in [5.41, 5.74) is 1.89. The zero-order chi connectivity index (χ0) is 18.7. The molecule has 0 radical (unpaired) electrons. The molecule has 0 atom stereocenters. The number of para-hydroxylation sites is 1. The molecule has 2 N–H and O–H groups in total. The van der Waals surface area contributed by atoms with Gasteiger partial charge in [-0.3, -0.25) is 9.59 Å². The van der Waals surface area contributed by atoms with Gasteiger partial charge in [-0.1, -0.05) is 12.1 Å². The first-order valence-electron chi connectivity index (χ1n) is 7.94. The number of nitrogens with zero attached hydrogens (tertiary/aromatic N) is 1. The van der Waals surface area contributed by atoms with E-state index < -0.39 is 0 Å². The molecule has 0 aliphatic heterocycles. The van der Waals surface area contributed by atoms with Gasteiger partial charge in [0.2, 0.25) is 5.91 Å². The average molecular weight is 416 g/mol. The van der Waals surface area contributed by atoms with Gasteiger partial charge in [-0.05, 0) is 46.3 Å². The predicted molar refractivity (Wildman–Crippen MR) is 105 cm³/mol. The number of nitrogens with one attached hydrogen (secondary N) is 2. The summed E-state index contributed by atoms with van der Waals surface area (Å²) in [6, 6.07) is 14.6. The van der Waals surface area contributed by atoms with Crippen LogP contribution in [0.3, 0.4) is 0 Å². The van der Waals surface area contributed by atoms with Crippen LogP contribution in [-0.2, 0) is 4.79 Å². The maximum Gasteiger partial charge on any atom is 0.270 e. The number of aromatic amines is 1. The number of amides is 2. The van der Waals surface area contributed by atoms with Crippen molar-refractivity contribution >= 4 is 44.3 Å². The Morgan fingerprint density at radius 3 is 2.69 bits per heavy atom. The topological polar surface area (TPSA) is 74.4 Å². The number of methoxy groups -OCH3 is 1. The van der Waals surface area contributed by atoms with Crippen molar-refractivity contribution in [1.82, 2.24) is 9.88 Å². The van der Waals surface area contributed by atoms with Crippen LogP contribution in [0.4, 0.5) is 5.69 Å². The lowest BCUT2D eigenvalue weighted by molar-refractivity contribution is -0.116. The molecule has 0 aliphatic carbocycles. The standard InChI is InChI=1S/C19H18BrN3O3/c1-23(11-18(24)22-15-6-4-3-5-14(15)20)19(25)17-9-12-7-8-13(26-2)10-16(12)21-17/h3-10,21H,11H2,1-2H3,(H,22,24). The number of halogens is 1. The van der Waals surface area contributed by atoms with Crippen LogP contribution in [-0.4, -0.2) is 42.4 Å². The Morgan fingerprint density at radius 2 is 1.96 bits per heavy atom. The van der Waals surface area contributed by atoms with Crippen molar-refractivity contribution in [3.63, 3.8) is 0 Å². The first-order chi connectivity index (χ1) is 12.5. The number of carbonyl (C=O) groups is 2. The van der Waals surface area contributed by atoms with Crippen molar-refractivity contribution in [3.05, 3.63) is 58.7 Å². The van der Waals surface area contributed by atoms with E-state index in [1.54, 1.807) is 26.3 Å². The minimum absolute atomic E-state index is 0.0567. The molecule has 3 aromatic rings. The number of anilines is 1. The molecule has 0 saturated carbocycles. The molecule has 6 nitrogen and oxygen atoms in total. The summed E-state index contributed by atoms with van der Waals surface area (Å²) >= 11 is 3.38. The SMILES string of the molecule is COc1ccc2cc(C(=O)N(C)CC(=O)Nc3ccccc3Br)[nH]c2c1. The molecule has 0 saturated heterocycles. The predicted octanol–water partition coefficient (Wildman–Crippen LogP) is 3.65. The Labute approximate surface area is 159 Å². The molecule has 0 unspecified atom stereocenters. The number of aromatic nitrogens is 1. The molecule has 0 spiro atoms. The molecule has 0 bridgehead atoms. The summed E-state index contributed by atoms with van der Waals surface area (Å²) in [5, 5.41) is 3.69. The van der Waals surface area contributed by atoms with Crippen molar-refractivity contribution in [1.29, 1.82) is 0 Å². The van der Waals surface area contributed by atoms with E-state index in [2.05, 4.69) is 26.2 Å². The van der Waals surface area contributed by atoms with Crippen molar-refractivity contribution in [2.75, 3.05) is 26.0 Å². The molecule has 7 heteroatoms. The molecular weight excluding hydrogens is 398 g/mol. The summed E-state index contributed by atoms with van der Waals surface area (Å²) in [7, 11) is 3.18. The molecule has 2 aromatic carbocycles. The third-order valence-electron chi connectivity index (χ3n) is 3.94. The highest BCUT2D eigenvalue weighted by Crippen LogP contribution is 2.22. The van der Waals surface area contributed by atoms with E-state index in [1.807, 2.05) is 36.4 Å². The summed E-state index contributed by atoms with van der Waals surface area (Å²) in [6.07, 6.45) is 0. The molecule has 0 aliphatic rings. The lowest BCUT2D eigenvalue weighted by atomic mass is 10.2. The zero-order valence-electron chi connectivity index (χ0n) is 14.4. The number of rotatable bonds is 5. The average Bonchev–Trinajstić information content (AvgIpc) is 3.05. The monoisotopic (exact) mass is 415 g/mol. The van der Waals surface area contributed by atoms with E-state index in [1.165, 1.54) is 4.90 Å². The number of ether oxygens (including phenoxy) is 1. The van der Waals surface area contributed by atoms with Crippen LogP contribution in [0.1, 0.15) is 10.5 Å². The largest absolute Gasteiger partial charge is 0.497 e. The van der Waals surface area contributed by atoms with E-state index in [4.69, 9.17) is 4.74 Å². The van der Waals surface area contributed by atoms with E-state index in [9.17, 15) is 9.59 Å². The van der Waals surface area contributed by atoms with Crippen molar-refractivity contribution in [2.24, 2.45) is 0 Å². The highest BCUT2D eigenvalue weighted by Gasteiger charge is 2.17. The fourth-order valence-electron chi connectivity index (χ4n) is 2.59. The minimum atomic E-state index is -0.273. The quantitative estimate of drug-likeness (QED) is 0.667. The van der Waals surface area contributed by atoms with Crippen LogP contribution in [0.25, 0.3) is 10.9 Å². The highest BCUT2D eigenvalue weighted by atomic mass is 79.9. The lowest BCUT2D eigenvalue weighted by Crippen LogP contribution is -2.35. The maximum absolute atomic E-state index is 12.6. The van der Waals surface area contributed by atoms with E-state index in [0.717, 1.165) is 15.4 Å². The van der Waals surface area contributed by atoms with Gasteiger partial charge in [0, 0.05) is 28.5 Å². The smallest absolute Gasteiger partial charge is 0.270 e. The lowest BCUT2D eigenvalue weighted by Gasteiger charge is -2.16. The van der Waals surface area contributed by atoms with Gasteiger partial charge in [0.15, 0.2) is 0 Å². The maximum atomic E-state index is 12.6. The van der Waals surface area contributed by atoms with Gasteiger partial charge in [0.05, 0.1) is 19.3 Å². The zero-order valence-corrected chi connectivity index (χ0v) is 16.0. The van der Waals surface area contributed by atoms with Gasteiger partial charge in [-0.2, -0.15) is 0 Å². The molecule has 1 heterocycles. The second-order valence-corrected chi connectivity index (χ2v) is 6.68. The van der Waals surface area contributed by atoms with E-state index in [-0.39, 0.29) is 18.4 Å². The number of fused-ring (bicyclic) bond motifs is 1. The summed E-state index contributed by atoms with van der Waals surface area (Å²) in [5.74, 6) is 0.174. The second kappa shape index (κ2) is 7.61. The normalized spacial score (nSPS) is 10.6. The van der Waals surface area contributed by atoms with Gasteiger partial charge >= 0.3 is 0 Å². The second-order valence-electron chi connectivity index (χ2n) is 5.83. The number of hydrogen-bond acceptors (Lipinski definition) is 3. The van der Waals surface area contributed by atoms with Gasteiger partial charge in [0.25, 0.3) is 5.91 Å². The molecular formula is C19H18BrN3O3. The minimum Gasteiger partial charge on any atom is -0.497 e. The number of benzene rings is 2. The van der Waals surface area contributed by atoms with Crippen molar-refractivity contribution in [3.8, 4) is 5.75 Å². The third-order valence-corrected chi connectivity index (χ3v) is 4.63. The number of H-pyrrole nitrogens is 1. The number of hydrogen-bond donors (Lipinski definition) is 2. The molecule has 3 rings (SSSR count). The Hall–Kier alpha value is -2.80. The molecule has 134 valence electrons. The highest BCUT2D eigenvalue weighted by molar-refractivity contribution is 9.10. The van der Waals surface area contributed by atoms with Gasteiger partial charge in [0.1, 0.15) is 11.4 Å². The van der Waals surface area contributed by atoms with Crippen LogP contribution >= 0.6 is 15.9 Å². The summed E-state index contributed by atoms with van der Waals surface area (Å²) in [4.78, 5) is 29.3. The van der Waals surface area contributed by atoms with Crippen LogP contribution in [0.2, 0.25) is 0 Å².